The molecule has 0 aromatic heterocycles. The van der Waals surface area contributed by atoms with Crippen molar-refractivity contribution in [1.82, 2.24) is 5.32 Å². The minimum absolute atomic E-state index is 0.0384. The average Bonchev–Trinajstić information content (AvgIpc) is 2.38. The first-order valence-corrected chi connectivity index (χ1v) is 28.9. The lowest BCUT2D eigenvalue weighted by Crippen LogP contribution is -2.69. The number of hydrogen-bond donors (Lipinski definition) is 2. The maximum atomic E-state index is 14.1. The first-order chi connectivity index (χ1) is 41.8. The van der Waals surface area contributed by atoms with Gasteiger partial charge in [0.2, 0.25) is 6.29 Å². The van der Waals surface area contributed by atoms with E-state index in [0.29, 0.717) is 11.3 Å². The lowest BCUT2D eigenvalue weighted by molar-refractivity contribution is -0.325. The highest BCUT2D eigenvalue weighted by molar-refractivity contribution is 5.95. The molecule has 0 radical (unpaired) electrons. The number of carbonyl (C=O) groups excluding carboxylic acids is 2. The maximum absolute atomic E-state index is 14.1. The van der Waals surface area contributed by atoms with Gasteiger partial charge in [-0.3, -0.25) is 9.59 Å². The van der Waals surface area contributed by atoms with Crippen LogP contribution in [0.3, 0.4) is 0 Å². The fourth-order valence-corrected chi connectivity index (χ4v) is 10.9. The molecule has 2 aliphatic heterocycles. The Balaban J connectivity index is 1.09. The third kappa shape index (κ3) is 16.7. The molecular weight excluding hydrogens is 1070 g/mol. The maximum Gasteiger partial charge on any atom is 0.302 e. The molecule has 1 amide bonds. The minimum Gasteiger partial charge on any atom is -0.463 e. The Bertz CT molecular complexity index is 3250. The summed E-state index contributed by atoms with van der Waals surface area (Å²) in [5, 5.41) is 16.8. The van der Waals surface area contributed by atoms with E-state index in [4.69, 9.17) is 47.4 Å². The first-order valence-electron chi connectivity index (χ1n) is 28.9. The molecular formula is C71H73NO13. The fraction of sp³-hybridized carbons (Fsp3) is 0.296. The highest BCUT2D eigenvalue weighted by Crippen LogP contribution is 2.41. The second kappa shape index (κ2) is 30.8. The Morgan fingerprint density at radius 2 is 0.894 bits per heavy atom. The molecule has 14 heteroatoms. The van der Waals surface area contributed by atoms with Gasteiger partial charge < -0.3 is 57.8 Å². The largest absolute Gasteiger partial charge is 0.463 e. The van der Waals surface area contributed by atoms with Crippen LogP contribution in [-0.2, 0) is 87.1 Å². The summed E-state index contributed by atoms with van der Waals surface area (Å²) in [5.74, 6) is -1.40. The van der Waals surface area contributed by atoms with Crippen molar-refractivity contribution in [3.05, 3.63) is 269 Å². The fourth-order valence-electron chi connectivity index (χ4n) is 10.9. The Hall–Kier alpha value is -7.86. The molecule has 10 rings (SSSR count). The summed E-state index contributed by atoms with van der Waals surface area (Å²) < 4.78 is 69.2. The van der Waals surface area contributed by atoms with Gasteiger partial charge in [0.1, 0.15) is 55.1 Å². The van der Waals surface area contributed by atoms with E-state index in [-0.39, 0.29) is 58.8 Å². The van der Waals surface area contributed by atoms with Gasteiger partial charge in [-0.25, -0.2) is 0 Å². The number of hydrogen-bond acceptors (Lipinski definition) is 13. The van der Waals surface area contributed by atoms with E-state index in [2.05, 4.69) is 5.32 Å². The molecule has 0 bridgehead atoms. The molecule has 0 spiro atoms. The van der Waals surface area contributed by atoms with Crippen molar-refractivity contribution in [1.29, 1.82) is 0 Å². The van der Waals surface area contributed by atoms with Crippen LogP contribution >= 0.6 is 0 Å². The molecule has 2 aliphatic rings. The van der Waals surface area contributed by atoms with Crippen molar-refractivity contribution in [2.75, 3.05) is 20.3 Å². The highest BCUT2D eigenvalue weighted by Gasteiger charge is 2.58. The Morgan fingerprint density at radius 1 is 0.459 bits per heavy atom. The molecule has 2 N–H and O–H groups in total. The Kier molecular flexibility index (Phi) is 21.8. The second-order valence-corrected chi connectivity index (χ2v) is 21.2. The van der Waals surface area contributed by atoms with Crippen LogP contribution < -0.4 is 10.1 Å². The van der Waals surface area contributed by atoms with E-state index < -0.39 is 73.1 Å². The highest BCUT2D eigenvalue weighted by atomic mass is 16.7. The Morgan fingerprint density at radius 3 is 1.38 bits per heavy atom. The number of nitrogens with one attached hydrogen (secondary N) is 1. The normalized spacial score (nSPS) is 22.4. The van der Waals surface area contributed by atoms with Crippen LogP contribution in [0.2, 0.25) is 0 Å². The van der Waals surface area contributed by atoms with E-state index in [9.17, 15) is 14.7 Å². The number of aliphatic hydroxyl groups excluding tert-OH is 1. The van der Waals surface area contributed by atoms with Crippen molar-refractivity contribution < 1.29 is 62.1 Å². The summed E-state index contributed by atoms with van der Waals surface area (Å²) in [6, 6.07) is 73.6. The molecule has 8 aromatic carbocycles. The molecule has 14 nitrogen and oxygen atoms in total. The van der Waals surface area contributed by atoms with Gasteiger partial charge in [-0.15, -0.1) is 0 Å². The number of esters is 1. The standard InChI is InChI=1S/C71H73NO13/c1-49(73)77-48-61-64(78-42-51-24-11-4-12-25-51)62(66(80-44-53-28-15-6-16-29-53)71(85-61)83-59-38-36-56(37-39-59)57-34-21-35-58(40-57)70(75)72-2)63(74)67-69(82-46-55-32-19-8-20-33-55)68(81-45-54-30-17-7-18-31-54)65(79-43-52-26-13-5-14-27-52)60(84-67)47-76-41-50-22-9-3-10-23-50/h3-40,60-69,71,74H,41-48H2,1-2H3,(H,72,75)/t60-,61-,62+,63?,64-,65-,66+,67-,68+,69-,71+/m1/s1. The monoisotopic (exact) mass is 1150 g/mol. The van der Waals surface area contributed by atoms with Gasteiger partial charge >= 0.3 is 5.97 Å². The van der Waals surface area contributed by atoms with Crippen LogP contribution in [0.15, 0.2) is 231 Å². The van der Waals surface area contributed by atoms with Gasteiger partial charge in [0.15, 0.2) is 0 Å². The number of ether oxygens (including phenoxy) is 10. The number of amides is 1. The summed E-state index contributed by atoms with van der Waals surface area (Å²) >= 11 is 0. The summed E-state index contributed by atoms with van der Waals surface area (Å²) in [4.78, 5) is 25.5. The van der Waals surface area contributed by atoms with Crippen LogP contribution in [0.5, 0.6) is 5.75 Å². The van der Waals surface area contributed by atoms with Gasteiger partial charge in [0.25, 0.3) is 5.91 Å². The van der Waals surface area contributed by atoms with Gasteiger partial charge in [-0.1, -0.05) is 206 Å². The van der Waals surface area contributed by atoms with E-state index >= 15 is 0 Å². The molecule has 8 aromatic rings. The van der Waals surface area contributed by atoms with E-state index in [0.717, 1.165) is 44.5 Å². The lowest BCUT2D eigenvalue weighted by atomic mass is 9.78. The van der Waals surface area contributed by atoms with Gasteiger partial charge in [-0.05, 0) is 68.8 Å². The smallest absolute Gasteiger partial charge is 0.302 e. The molecule has 2 saturated heterocycles. The second-order valence-electron chi connectivity index (χ2n) is 21.2. The van der Waals surface area contributed by atoms with Crippen LogP contribution in [-0.4, -0.2) is 98.5 Å². The average molecular weight is 1150 g/mol. The SMILES string of the molecule is CNC(=O)c1cccc(-c2ccc(O[C@H]3O[C@H](COC(C)=O)[C@@H](OCc4ccccc4)[C@H](C(O)[C@H]4O[C@H](COCc5ccccc5)[C@@H](OCc5ccccc5)[C@H](OCc5ccccc5)[C@@H]4OCc4ccccc4)[C@@H]3OCc3ccccc3)cc2)c1. The van der Waals surface area contributed by atoms with Crippen molar-refractivity contribution in [3.63, 3.8) is 0 Å². The van der Waals surface area contributed by atoms with Gasteiger partial charge in [0.05, 0.1) is 58.5 Å². The molecule has 0 aliphatic carbocycles. The van der Waals surface area contributed by atoms with Crippen molar-refractivity contribution in [2.24, 2.45) is 5.92 Å². The summed E-state index contributed by atoms with van der Waals surface area (Å²) in [6.45, 7) is 2.03. The molecule has 1 unspecified atom stereocenters. The zero-order chi connectivity index (χ0) is 58.6. The van der Waals surface area contributed by atoms with E-state index in [1.54, 1.807) is 13.1 Å². The molecule has 440 valence electrons. The van der Waals surface area contributed by atoms with Crippen molar-refractivity contribution >= 4 is 11.9 Å². The molecule has 85 heavy (non-hydrogen) atoms. The van der Waals surface area contributed by atoms with Crippen LogP contribution in [0, 0.1) is 5.92 Å². The van der Waals surface area contributed by atoms with Crippen LogP contribution in [0.1, 0.15) is 50.7 Å². The third-order valence-corrected chi connectivity index (χ3v) is 15.2. The van der Waals surface area contributed by atoms with Gasteiger partial charge in [-0.2, -0.15) is 0 Å². The summed E-state index contributed by atoms with van der Waals surface area (Å²) in [6.07, 6.45) is -10.8. The van der Waals surface area contributed by atoms with Crippen LogP contribution in [0.25, 0.3) is 11.1 Å². The quantitative estimate of drug-likeness (QED) is 0.0469. The third-order valence-electron chi connectivity index (χ3n) is 15.2. The van der Waals surface area contributed by atoms with Crippen LogP contribution in [0.4, 0.5) is 0 Å². The molecule has 0 saturated carbocycles. The Labute approximate surface area is 497 Å². The predicted octanol–water partition coefficient (Wildman–Crippen LogP) is 11.3. The number of carbonyl (C=O) groups is 2. The van der Waals surface area contributed by atoms with Gasteiger partial charge in [0, 0.05) is 25.5 Å². The van der Waals surface area contributed by atoms with E-state index in [1.165, 1.54) is 6.92 Å². The number of aliphatic hydroxyl groups is 1. The predicted molar refractivity (Wildman–Crippen MR) is 321 cm³/mol. The zero-order valence-electron chi connectivity index (χ0n) is 47.8. The summed E-state index contributed by atoms with van der Waals surface area (Å²) in [5.41, 5.74) is 7.58. The molecule has 11 atom stereocenters. The van der Waals surface area contributed by atoms with E-state index in [1.807, 2.05) is 224 Å². The number of benzene rings is 8. The number of rotatable bonds is 27. The lowest BCUT2D eigenvalue weighted by Gasteiger charge is -2.52. The minimum atomic E-state index is -1.53. The molecule has 2 fully saturated rings. The summed E-state index contributed by atoms with van der Waals surface area (Å²) in [7, 11) is 1.60. The zero-order valence-corrected chi connectivity index (χ0v) is 47.8. The van der Waals surface area contributed by atoms with Crippen molar-refractivity contribution in [2.45, 2.75) is 108 Å². The topological polar surface area (TPSA) is 159 Å². The molecule has 2 heterocycles. The van der Waals surface area contributed by atoms with Crippen molar-refractivity contribution in [3.8, 4) is 16.9 Å². The first kappa shape index (κ1) is 60.3.